The molecule has 0 atom stereocenters. The lowest BCUT2D eigenvalue weighted by Gasteiger charge is -2.04. The Labute approximate surface area is 100 Å². The topological polar surface area (TPSA) is 57.8 Å². The second-order valence-electron chi connectivity index (χ2n) is 4.13. The Morgan fingerprint density at radius 3 is 3.18 bits per heavy atom. The lowest BCUT2D eigenvalue weighted by Crippen LogP contribution is -2.25. The van der Waals surface area contributed by atoms with Crippen molar-refractivity contribution in [2.24, 2.45) is 0 Å². The van der Waals surface area contributed by atoms with Gasteiger partial charge in [0.15, 0.2) is 0 Å². The highest BCUT2D eigenvalue weighted by Gasteiger charge is 2.04. The Kier molecular flexibility index (Phi) is 3.75. The van der Waals surface area contributed by atoms with Crippen molar-refractivity contribution in [1.82, 2.24) is 15.3 Å². The normalized spacial score (nSPS) is 10.6. The molecule has 2 N–H and O–H groups in total. The van der Waals surface area contributed by atoms with Crippen LogP contribution in [0.1, 0.15) is 25.3 Å². The van der Waals surface area contributed by atoms with Gasteiger partial charge in [-0.2, -0.15) is 0 Å². The highest BCUT2D eigenvalue weighted by atomic mass is 16.1. The first-order chi connectivity index (χ1) is 8.29. The van der Waals surface area contributed by atoms with E-state index in [1.165, 1.54) is 0 Å². The Bertz CT molecular complexity index is 504. The summed E-state index contributed by atoms with van der Waals surface area (Å²) in [6.07, 6.45) is 4.22. The van der Waals surface area contributed by atoms with Crippen LogP contribution in [-0.4, -0.2) is 22.4 Å². The number of nitrogens with one attached hydrogen (secondary N) is 2. The van der Waals surface area contributed by atoms with Crippen LogP contribution in [-0.2, 0) is 11.2 Å². The van der Waals surface area contributed by atoms with Gasteiger partial charge in [-0.3, -0.25) is 4.79 Å². The number of fused-ring (bicyclic) bond motifs is 1. The second kappa shape index (κ2) is 5.48. The van der Waals surface area contributed by atoms with E-state index in [1.54, 1.807) is 6.33 Å². The first-order valence-electron chi connectivity index (χ1n) is 5.98. The van der Waals surface area contributed by atoms with Crippen LogP contribution in [0.15, 0.2) is 24.5 Å². The molecular formula is C13H17N3O. The van der Waals surface area contributed by atoms with Crippen LogP contribution in [0.3, 0.4) is 0 Å². The van der Waals surface area contributed by atoms with Crippen molar-refractivity contribution in [2.45, 2.75) is 26.2 Å². The quantitative estimate of drug-likeness (QED) is 0.773. The molecule has 1 heterocycles. The lowest BCUT2D eigenvalue weighted by atomic mass is 10.1. The van der Waals surface area contributed by atoms with E-state index in [0.29, 0.717) is 6.42 Å². The van der Waals surface area contributed by atoms with Gasteiger partial charge >= 0.3 is 0 Å². The van der Waals surface area contributed by atoms with Gasteiger partial charge in [0.05, 0.1) is 23.8 Å². The van der Waals surface area contributed by atoms with Crippen LogP contribution >= 0.6 is 0 Å². The van der Waals surface area contributed by atoms with Crippen molar-refractivity contribution < 1.29 is 4.79 Å². The molecule has 0 aliphatic heterocycles. The monoisotopic (exact) mass is 231 g/mol. The Morgan fingerprint density at radius 2 is 2.35 bits per heavy atom. The molecule has 1 aromatic carbocycles. The summed E-state index contributed by atoms with van der Waals surface area (Å²) in [5.74, 6) is 0.0808. The van der Waals surface area contributed by atoms with E-state index in [4.69, 9.17) is 0 Å². The zero-order valence-corrected chi connectivity index (χ0v) is 9.99. The van der Waals surface area contributed by atoms with Crippen molar-refractivity contribution in [3.63, 3.8) is 0 Å². The first-order valence-corrected chi connectivity index (χ1v) is 5.98. The molecule has 2 aromatic rings. The van der Waals surface area contributed by atoms with Crippen molar-refractivity contribution in [2.75, 3.05) is 6.54 Å². The maximum absolute atomic E-state index is 11.6. The average Bonchev–Trinajstić information content (AvgIpc) is 2.76. The summed E-state index contributed by atoms with van der Waals surface area (Å²) in [4.78, 5) is 18.8. The van der Waals surface area contributed by atoms with Gasteiger partial charge in [0, 0.05) is 6.54 Å². The number of unbranched alkanes of at least 4 members (excludes halogenated alkanes) is 1. The number of amides is 1. The minimum absolute atomic E-state index is 0.0808. The summed E-state index contributed by atoms with van der Waals surface area (Å²) in [5.41, 5.74) is 2.92. The van der Waals surface area contributed by atoms with E-state index < -0.39 is 0 Å². The van der Waals surface area contributed by atoms with Crippen molar-refractivity contribution in [1.29, 1.82) is 0 Å². The van der Waals surface area contributed by atoms with Crippen molar-refractivity contribution in [3.05, 3.63) is 30.1 Å². The van der Waals surface area contributed by atoms with Crippen LogP contribution < -0.4 is 5.32 Å². The highest BCUT2D eigenvalue weighted by Crippen LogP contribution is 2.11. The van der Waals surface area contributed by atoms with Gasteiger partial charge in [0.2, 0.25) is 5.91 Å². The summed E-state index contributed by atoms with van der Waals surface area (Å²) >= 11 is 0. The number of hydrogen-bond acceptors (Lipinski definition) is 2. The fraction of sp³-hybridized carbons (Fsp3) is 0.385. The van der Waals surface area contributed by atoms with Crippen molar-refractivity contribution >= 4 is 16.9 Å². The van der Waals surface area contributed by atoms with E-state index in [1.807, 2.05) is 18.2 Å². The Morgan fingerprint density at radius 1 is 1.47 bits per heavy atom. The van der Waals surface area contributed by atoms with Gasteiger partial charge in [0.1, 0.15) is 0 Å². The molecule has 0 fully saturated rings. The van der Waals surface area contributed by atoms with E-state index in [2.05, 4.69) is 22.2 Å². The summed E-state index contributed by atoms with van der Waals surface area (Å²) in [5, 5.41) is 2.91. The van der Waals surface area contributed by atoms with E-state index >= 15 is 0 Å². The molecule has 0 spiro atoms. The summed E-state index contributed by atoms with van der Waals surface area (Å²) in [7, 11) is 0. The number of aromatic nitrogens is 2. The molecular weight excluding hydrogens is 214 g/mol. The standard InChI is InChI=1S/C13H17N3O/c1-2-3-6-14-13(17)8-10-4-5-11-12(7-10)16-9-15-11/h4-5,7,9H,2-3,6,8H2,1H3,(H,14,17)(H,15,16). The van der Waals surface area contributed by atoms with Crippen molar-refractivity contribution in [3.8, 4) is 0 Å². The number of carbonyl (C=O) groups excluding carboxylic acids is 1. The van der Waals surface area contributed by atoms with Crippen LogP contribution in [0.2, 0.25) is 0 Å². The van der Waals surface area contributed by atoms with E-state index in [-0.39, 0.29) is 5.91 Å². The third kappa shape index (κ3) is 3.06. The second-order valence-corrected chi connectivity index (χ2v) is 4.13. The molecule has 0 saturated heterocycles. The molecule has 1 amide bonds. The number of benzene rings is 1. The highest BCUT2D eigenvalue weighted by molar-refractivity contribution is 5.81. The van der Waals surface area contributed by atoms with Gasteiger partial charge in [-0.05, 0) is 24.1 Å². The van der Waals surface area contributed by atoms with Crippen LogP contribution in [0.4, 0.5) is 0 Å². The molecule has 0 radical (unpaired) electrons. The van der Waals surface area contributed by atoms with Crippen LogP contribution in [0.25, 0.3) is 11.0 Å². The number of imidazole rings is 1. The average molecular weight is 231 g/mol. The van der Waals surface area contributed by atoms with Crippen LogP contribution in [0.5, 0.6) is 0 Å². The lowest BCUT2D eigenvalue weighted by molar-refractivity contribution is -0.120. The third-order valence-corrected chi connectivity index (χ3v) is 2.70. The maximum Gasteiger partial charge on any atom is 0.224 e. The summed E-state index contributed by atoms with van der Waals surface area (Å²) in [6, 6.07) is 5.85. The Hall–Kier alpha value is -1.84. The number of hydrogen-bond donors (Lipinski definition) is 2. The predicted molar refractivity (Wildman–Crippen MR) is 67.7 cm³/mol. The molecule has 4 nitrogen and oxygen atoms in total. The molecule has 0 bridgehead atoms. The summed E-state index contributed by atoms with van der Waals surface area (Å²) < 4.78 is 0. The first kappa shape index (κ1) is 11.6. The Balaban J connectivity index is 1.95. The van der Waals surface area contributed by atoms with Gasteiger partial charge < -0.3 is 10.3 Å². The molecule has 4 heteroatoms. The predicted octanol–water partition coefficient (Wildman–Crippen LogP) is 2.02. The van der Waals surface area contributed by atoms with Gasteiger partial charge in [0.25, 0.3) is 0 Å². The number of nitrogens with zero attached hydrogens (tertiary/aromatic N) is 1. The molecule has 2 rings (SSSR count). The van der Waals surface area contributed by atoms with Crippen LogP contribution in [0, 0.1) is 0 Å². The molecule has 0 aliphatic carbocycles. The SMILES string of the molecule is CCCCNC(=O)Cc1ccc2nc[nH]c2c1. The van der Waals surface area contributed by atoms with E-state index in [9.17, 15) is 4.79 Å². The zero-order chi connectivity index (χ0) is 12.1. The number of aromatic amines is 1. The number of carbonyl (C=O) groups is 1. The zero-order valence-electron chi connectivity index (χ0n) is 9.99. The number of H-pyrrole nitrogens is 1. The van der Waals surface area contributed by atoms with Gasteiger partial charge in [-0.1, -0.05) is 19.4 Å². The molecule has 0 saturated carbocycles. The van der Waals surface area contributed by atoms with Gasteiger partial charge in [-0.15, -0.1) is 0 Å². The smallest absolute Gasteiger partial charge is 0.224 e. The maximum atomic E-state index is 11.6. The molecule has 17 heavy (non-hydrogen) atoms. The largest absolute Gasteiger partial charge is 0.356 e. The summed E-state index contributed by atoms with van der Waals surface area (Å²) in [6.45, 7) is 2.87. The minimum Gasteiger partial charge on any atom is -0.356 e. The fourth-order valence-corrected chi connectivity index (χ4v) is 1.75. The molecule has 0 aliphatic rings. The van der Waals surface area contributed by atoms with Gasteiger partial charge in [-0.25, -0.2) is 4.98 Å². The molecule has 0 unspecified atom stereocenters. The number of rotatable bonds is 5. The van der Waals surface area contributed by atoms with E-state index in [0.717, 1.165) is 36.0 Å². The third-order valence-electron chi connectivity index (χ3n) is 2.70. The minimum atomic E-state index is 0.0808. The fourth-order valence-electron chi connectivity index (χ4n) is 1.75. The molecule has 1 aromatic heterocycles. The molecule has 90 valence electrons.